The SMILES string of the molecule is Cc1nc2cc(OCc3cc(C(=O)N(C)[C@H]4CCOC4)no3)ccc2s1. The van der Waals surface area contributed by atoms with Crippen LogP contribution in [-0.2, 0) is 11.3 Å². The molecule has 1 atom stereocenters. The van der Waals surface area contributed by atoms with E-state index >= 15 is 0 Å². The molecule has 136 valence electrons. The van der Waals surface area contributed by atoms with Crippen molar-refractivity contribution < 1.29 is 18.8 Å². The molecule has 3 heterocycles. The Morgan fingerprint density at radius 1 is 1.42 bits per heavy atom. The van der Waals surface area contributed by atoms with E-state index in [0.29, 0.717) is 24.7 Å². The van der Waals surface area contributed by atoms with E-state index in [-0.39, 0.29) is 24.2 Å². The summed E-state index contributed by atoms with van der Waals surface area (Å²) in [4.78, 5) is 18.6. The summed E-state index contributed by atoms with van der Waals surface area (Å²) < 4.78 is 17.4. The van der Waals surface area contributed by atoms with Crippen molar-refractivity contribution in [3.63, 3.8) is 0 Å². The quantitative estimate of drug-likeness (QED) is 0.684. The highest BCUT2D eigenvalue weighted by molar-refractivity contribution is 7.18. The van der Waals surface area contributed by atoms with Crippen molar-refractivity contribution in [3.8, 4) is 5.75 Å². The fraction of sp³-hybridized carbons (Fsp3) is 0.389. The number of amides is 1. The number of carbonyl (C=O) groups excluding carboxylic acids is 1. The number of hydrogen-bond donors (Lipinski definition) is 0. The molecule has 0 N–H and O–H groups in total. The van der Waals surface area contributed by atoms with E-state index in [2.05, 4.69) is 10.1 Å². The van der Waals surface area contributed by atoms with Crippen LogP contribution in [0.1, 0.15) is 27.7 Å². The number of thiazole rings is 1. The van der Waals surface area contributed by atoms with Crippen LogP contribution in [0.15, 0.2) is 28.8 Å². The molecule has 1 fully saturated rings. The average molecular weight is 373 g/mol. The lowest BCUT2D eigenvalue weighted by Crippen LogP contribution is -2.37. The van der Waals surface area contributed by atoms with Gasteiger partial charge in [0, 0.05) is 25.8 Å². The normalized spacial score (nSPS) is 16.9. The van der Waals surface area contributed by atoms with Crippen molar-refractivity contribution in [3.05, 3.63) is 40.7 Å². The van der Waals surface area contributed by atoms with Gasteiger partial charge in [-0.05, 0) is 25.5 Å². The van der Waals surface area contributed by atoms with Crippen LogP contribution in [0.3, 0.4) is 0 Å². The molecule has 0 radical (unpaired) electrons. The van der Waals surface area contributed by atoms with Gasteiger partial charge in [-0.1, -0.05) is 5.16 Å². The maximum atomic E-state index is 12.5. The number of benzene rings is 1. The molecule has 1 aliphatic heterocycles. The third-order valence-electron chi connectivity index (χ3n) is 4.40. The lowest BCUT2D eigenvalue weighted by molar-refractivity contribution is 0.0700. The topological polar surface area (TPSA) is 77.7 Å². The van der Waals surface area contributed by atoms with Crippen molar-refractivity contribution in [1.29, 1.82) is 0 Å². The lowest BCUT2D eigenvalue weighted by Gasteiger charge is -2.21. The number of likely N-dealkylation sites (N-methyl/N-ethyl adjacent to an activating group) is 1. The van der Waals surface area contributed by atoms with E-state index in [0.717, 1.165) is 21.6 Å². The number of aryl methyl sites for hydroxylation is 1. The van der Waals surface area contributed by atoms with Crippen LogP contribution in [0, 0.1) is 6.92 Å². The maximum Gasteiger partial charge on any atom is 0.276 e. The third-order valence-corrected chi connectivity index (χ3v) is 5.35. The predicted molar refractivity (Wildman–Crippen MR) is 96.5 cm³/mol. The van der Waals surface area contributed by atoms with Crippen LogP contribution >= 0.6 is 11.3 Å². The van der Waals surface area contributed by atoms with Crippen LogP contribution < -0.4 is 4.74 Å². The van der Waals surface area contributed by atoms with Gasteiger partial charge in [0.15, 0.2) is 11.5 Å². The molecule has 3 aromatic rings. The second kappa shape index (κ2) is 7.05. The van der Waals surface area contributed by atoms with Gasteiger partial charge in [0.05, 0.1) is 27.9 Å². The summed E-state index contributed by atoms with van der Waals surface area (Å²) in [5.41, 5.74) is 1.20. The molecule has 1 aromatic carbocycles. The molecule has 8 heteroatoms. The van der Waals surface area contributed by atoms with E-state index < -0.39 is 0 Å². The Kier molecular flexibility index (Phi) is 4.60. The highest BCUT2D eigenvalue weighted by Gasteiger charge is 2.26. The van der Waals surface area contributed by atoms with Crippen LogP contribution in [0.5, 0.6) is 5.75 Å². The zero-order valence-corrected chi connectivity index (χ0v) is 15.4. The number of aromatic nitrogens is 2. The van der Waals surface area contributed by atoms with E-state index in [4.69, 9.17) is 14.0 Å². The number of hydrogen-bond acceptors (Lipinski definition) is 7. The van der Waals surface area contributed by atoms with E-state index in [1.165, 1.54) is 0 Å². The number of fused-ring (bicyclic) bond motifs is 1. The summed E-state index contributed by atoms with van der Waals surface area (Å²) in [7, 11) is 1.76. The molecule has 0 bridgehead atoms. The summed E-state index contributed by atoms with van der Waals surface area (Å²) in [6.07, 6.45) is 0.842. The summed E-state index contributed by atoms with van der Waals surface area (Å²) in [5, 5.41) is 4.90. The van der Waals surface area contributed by atoms with E-state index in [1.54, 1.807) is 29.4 Å². The highest BCUT2D eigenvalue weighted by Crippen LogP contribution is 2.26. The Morgan fingerprint density at radius 2 is 2.31 bits per heavy atom. The Labute approximate surface area is 154 Å². The molecule has 0 saturated carbocycles. The Morgan fingerprint density at radius 3 is 3.12 bits per heavy atom. The number of ether oxygens (including phenoxy) is 2. The van der Waals surface area contributed by atoms with Crippen LogP contribution in [0.4, 0.5) is 0 Å². The zero-order chi connectivity index (χ0) is 18.1. The lowest BCUT2D eigenvalue weighted by atomic mass is 10.2. The second-order valence-corrected chi connectivity index (χ2v) is 7.50. The summed E-state index contributed by atoms with van der Waals surface area (Å²) in [6.45, 7) is 3.43. The first-order chi connectivity index (χ1) is 12.6. The molecule has 1 aliphatic rings. The first kappa shape index (κ1) is 17.0. The average Bonchev–Trinajstić information content (AvgIpc) is 3.37. The molecular formula is C18H19N3O4S. The fourth-order valence-corrected chi connectivity index (χ4v) is 3.73. The minimum atomic E-state index is -0.171. The monoisotopic (exact) mass is 373 g/mol. The molecule has 26 heavy (non-hydrogen) atoms. The molecular weight excluding hydrogens is 354 g/mol. The van der Waals surface area contributed by atoms with Gasteiger partial charge >= 0.3 is 0 Å². The van der Waals surface area contributed by atoms with Crippen molar-refractivity contribution in [2.24, 2.45) is 0 Å². The van der Waals surface area contributed by atoms with Crippen LogP contribution in [0.25, 0.3) is 10.2 Å². The number of carbonyl (C=O) groups is 1. The molecule has 0 aliphatic carbocycles. The zero-order valence-electron chi connectivity index (χ0n) is 14.6. The summed E-state index contributed by atoms with van der Waals surface area (Å²) in [6, 6.07) is 7.50. The third kappa shape index (κ3) is 3.42. The van der Waals surface area contributed by atoms with Crippen molar-refractivity contribution >= 4 is 27.5 Å². The van der Waals surface area contributed by atoms with Crippen LogP contribution in [0.2, 0.25) is 0 Å². The maximum absolute atomic E-state index is 12.5. The van der Waals surface area contributed by atoms with Crippen molar-refractivity contribution in [2.75, 3.05) is 20.3 Å². The first-order valence-electron chi connectivity index (χ1n) is 8.40. The molecule has 0 unspecified atom stereocenters. The van der Waals surface area contributed by atoms with Gasteiger partial charge < -0.3 is 18.9 Å². The Hall–Kier alpha value is -2.45. The Balaban J connectivity index is 1.40. The second-order valence-electron chi connectivity index (χ2n) is 6.26. The standard InChI is InChI=1S/C18H19N3O4S/c1-11-19-15-7-13(3-4-17(15)26-11)24-10-14-8-16(20-25-14)18(22)21(2)12-5-6-23-9-12/h3-4,7-8,12H,5-6,9-10H2,1-2H3/t12-/m0/s1. The molecule has 2 aromatic heterocycles. The van der Waals surface area contributed by atoms with Gasteiger partial charge in [-0.15, -0.1) is 11.3 Å². The number of nitrogens with zero attached hydrogens (tertiary/aromatic N) is 3. The van der Waals surface area contributed by atoms with Crippen LogP contribution in [-0.4, -0.2) is 47.3 Å². The summed E-state index contributed by atoms with van der Waals surface area (Å²) >= 11 is 1.65. The molecule has 1 amide bonds. The van der Waals surface area contributed by atoms with Gasteiger partial charge in [0.2, 0.25) is 0 Å². The largest absolute Gasteiger partial charge is 0.485 e. The minimum absolute atomic E-state index is 0.0900. The first-order valence-corrected chi connectivity index (χ1v) is 9.22. The minimum Gasteiger partial charge on any atom is -0.485 e. The summed E-state index contributed by atoms with van der Waals surface area (Å²) in [5.74, 6) is 1.03. The predicted octanol–water partition coefficient (Wildman–Crippen LogP) is 3.03. The molecule has 4 rings (SSSR count). The van der Waals surface area contributed by atoms with Gasteiger partial charge in [0.1, 0.15) is 12.4 Å². The molecule has 7 nitrogen and oxygen atoms in total. The van der Waals surface area contributed by atoms with Gasteiger partial charge in [0.25, 0.3) is 5.91 Å². The Bertz CT molecular complexity index is 930. The molecule has 0 spiro atoms. The molecule has 1 saturated heterocycles. The van der Waals surface area contributed by atoms with Gasteiger partial charge in [-0.2, -0.15) is 0 Å². The van der Waals surface area contributed by atoms with Crippen molar-refractivity contribution in [1.82, 2.24) is 15.0 Å². The smallest absolute Gasteiger partial charge is 0.276 e. The fourth-order valence-electron chi connectivity index (χ4n) is 2.92. The number of rotatable bonds is 5. The van der Waals surface area contributed by atoms with E-state index in [9.17, 15) is 4.79 Å². The van der Waals surface area contributed by atoms with Gasteiger partial charge in [-0.25, -0.2) is 4.98 Å². The van der Waals surface area contributed by atoms with Crippen molar-refractivity contribution in [2.45, 2.75) is 26.0 Å². The van der Waals surface area contributed by atoms with E-state index in [1.807, 2.05) is 25.1 Å². The van der Waals surface area contributed by atoms with Gasteiger partial charge in [-0.3, -0.25) is 4.79 Å². The highest BCUT2D eigenvalue weighted by atomic mass is 32.1.